The monoisotopic (exact) mass is 372 g/mol. The minimum atomic E-state index is -0.156. The van der Waals surface area contributed by atoms with Gasteiger partial charge < -0.3 is 20.1 Å². The molecule has 0 amide bonds. The zero-order valence-corrected chi connectivity index (χ0v) is 16.0. The first kappa shape index (κ1) is 20.6. The van der Waals surface area contributed by atoms with Crippen molar-refractivity contribution in [1.29, 1.82) is 0 Å². The number of ketones is 1. The zero-order valence-electron chi connectivity index (χ0n) is 16.0. The predicted octanol–water partition coefficient (Wildman–Crippen LogP) is 4.75. The maximum Gasteiger partial charge on any atom is 0.163 e. The molecule has 0 aromatic heterocycles. The van der Waals surface area contributed by atoms with Gasteiger partial charge in [0.25, 0.3) is 0 Å². The average Bonchev–Trinajstić information content (AvgIpc) is 2.63. The van der Waals surface area contributed by atoms with Crippen LogP contribution in [0.5, 0.6) is 23.0 Å². The number of aromatic hydroxyl groups is 3. The Morgan fingerprint density at radius 1 is 0.963 bits per heavy atom. The quantitative estimate of drug-likeness (QED) is 0.318. The fraction of sp³-hybridized carbons (Fsp3) is 0.409. The summed E-state index contributed by atoms with van der Waals surface area (Å²) >= 11 is 0. The van der Waals surface area contributed by atoms with Gasteiger partial charge in [0.15, 0.2) is 17.3 Å². The lowest BCUT2D eigenvalue weighted by Crippen LogP contribution is -2.03. The zero-order chi connectivity index (χ0) is 19.8. The van der Waals surface area contributed by atoms with Crippen LogP contribution in [-0.4, -0.2) is 27.7 Å². The number of carbonyl (C=O) groups is 1. The van der Waals surface area contributed by atoms with Crippen LogP contribution in [0, 0.1) is 0 Å². The van der Waals surface area contributed by atoms with Gasteiger partial charge in [-0.3, -0.25) is 4.79 Å². The molecule has 5 nitrogen and oxygen atoms in total. The van der Waals surface area contributed by atoms with Crippen molar-refractivity contribution in [3.63, 3.8) is 0 Å². The van der Waals surface area contributed by atoms with Crippen molar-refractivity contribution >= 4 is 5.78 Å². The highest BCUT2D eigenvalue weighted by Crippen LogP contribution is 2.33. The summed E-state index contributed by atoms with van der Waals surface area (Å²) in [6.07, 6.45) is 5.11. The number of benzene rings is 2. The Morgan fingerprint density at radius 3 is 2.41 bits per heavy atom. The molecule has 3 N–H and O–H groups in total. The number of unbranched alkanes of at least 4 members (excludes halogenated alkanes) is 2. The molecule has 0 fully saturated rings. The molecule has 0 saturated carbocycles. The number of hydrogen-bond acceptors (Lipinski definition) is 5. The summed E-state index contributed by atoms with van der Waals surface area (Å²) in [5, 5.41) is 29.2. The van der Waals surface area contributed by atoms with E-state index in [2.05, 4.69) is 0 Å². The van der Waals surface area contributed by atoms with Crippen molar-refractivity contribution in [3.8, 4) is 23.0 Å². The highest BCUT2D eigenvalue weighted by molar-refractivity contribution is 5.97. The van der Waals surface area contributed by atoms with Gasteiger partial charge in [-0.1, -0.05) is 19.4 Å². The van der Waals surface area contributed by atoms with Gasteiger partial charge in [0.2, 0.25) is 0 Å². The highest BCUT2D eigenvalue weighted by atomic mass is 16.5. The second-order valence-corrected chi connectivity index (χ2v) is 6.73. The van der Waals surface area contributed by atoms with Crippen molar-refractivity contribution in [3.05, 3.63) is 47.0 Å². The van der Waals surface area contributed by atoms with Crippen LogP contribution in [0.2, 0.25) is 0 Å². The normalized spacial score (nSPS) is 10.7. The molecule has 146 valence electrons. The maximum absolute atomic E-state index is 11.6. The van der Waals surface area contributed by atoms with Crippen LogP contribution in [0.3, 0.4) is 0 Å². The molecule has 0 bridgehead atoms. The largest absolute Gasteiger partial charge is 0.507 e. The van der Waals surface area contributed by atoms with Crippen molar-refractivity contribution in [2.75, 3.05) is 6.61 Å². The standard InChI is InChI=1S/C22H28O5/c1-3-7-18-21(12-10-17(15(2)23)22(18)26)27-13-6-4-5-8-16-9-11-19(24)20(25)14-16/h9-12,14,24-26H,3-8,13H2,1-2H3. The molecule has 0 saturated heterocycles. The van der Waals surface area contributed by atoms with Gasteiger partial charge in [-0.25, -0.2) is 0 Å². The van der Waals surface area contributed by atoms with Crippen LogP contribution in [0.15, 0.2) is 30.3 Å². The van der Waals surface area contributed by atoms with Crippen LogP contribution in [-0.2, 0) is 12.8 Å². The molecule has 5 heteroatoms. The number of ether oxygens (including phenoxy) is 1. The fourth-order valence-corrected chi connectivity index (χ4v) is 3.04. The summed E-state index contributed by atoms with van der Waals surface area (Å²) in [5.41, 5.74) is 2.02. The van der Waals surface area contributed by atoms with Crippen LogP contribution < -0.4 is 4.74 Å². The topological polar surface area (TPSA) is 87.0 Å². The summed E-state index contributed by atoms with van der Waals surface area (Å²) in [5.74, 6) is 0.329. The lowest BCUT2D eigenvalue weighted by Gasteiger charge is -2.14. The summed E-state index contributed by atoms with van der Waals surface area (Å²) in [6.45, 7) is 4.00. The van der Waals surface area contributed by atoms with E-state index in [4.69, 9.17) is 4.74 Å². The molecule has 0 radical (unpaired) electrons. The van der Waals surface area contributed by atoms with Crippen molar-refractivity contribution in [2.24, 2.45) is 0 Å². The van der Waals surface area contributed by atoms with Gasteiger partial charge in [-0.2, -0.15) is 0 Å². The van der Waals surface area contributed by atoms with E-state index in [1.54, 1.807) is 18.2 Å². The van der Waals surface area contributed by atoms with E-state index in [1.165, 1.54) is 13.0 Å². The Bertz CT molecular complexity index is 783. The Kier molecular flexibility index (Phi) is 7.53. The number of Topliss-reactive ketones (excluding diaryl/α,β-unsaturated/α-hetero) is 1. The molecule has 27 heavy (non-hydrogen) atoms. The van der Waals surface area contributed by atoms with Gasteiger partial charge in [-0.05, 0) is 68.9 Å². The third-order valence-electron chi connectivity index (χ3n) is 4.53. The molecule has 2 rings (SSSR count). The van der Waals surface area contributed by atoms with Gasteiger partial charge in [0.05, 0.1) is 12.2 Å². The van der Waals surface area contributed by atoms with Crippen LogP contribution in [0.25, 0.3) is 0 Å². The number of phenolic OH excluding ortho intramolecular Hbond substituents is 3. The smallest absolute Gasteiger partial charge is 0.163 e. The molecular weight excluding hydrogens is 344 g/mol. The Balaban J connectivity index is 1.83. The van der Waals surface area contributed by atoms with Gasteiger partial charge in [0.1, 0.15) is 11.5 Å². The molecule has 0 unspecified atom stereocenters. The minimum Gasteiger partial charge on any atom is -0.507 e. The second-order valence-electron chi connectivity index (χ2n) is 6.73. The molecule has 0 aliphatic rings. The molecule has 2 aromatic carbocycles. The first-order valence-corrected chi connectivity index (χ1v) is 9.43. The van der Waals surface area contributed by atoms with Crippen LogP contribution >= 0.6 is 0 Å². The number of rotatable bonds is 10. The lowest BCUT2D eigenvalue weighted by molar-refractivity contribution is 0.101. The van der Waals surface area contributed by atoms with E-state index in [9.17, 15) is 20.1 Å². The van der Waals surface area contributed by atoms with Crippen LogP contribution in [0.1, 0.15) is 61.0 Å². The predicted molar refractivity (Wildman–Crippen MR) is 105 cm³/mol. The third-order valence-corrected chi connectivity index (χ3v) is 4.53. The van der Waals surface area contributed by atoms with E-state index in [1.807, 2.05) is 13.0 Å². The summed E-state index contributed by atoms with van der Waals surface area (Å²) in [6, 6.07) is 8.27. The number of hydrogen-bond donors (Lipinski definition) is 3. The second kappa shape index (κ2) is 9.86. The lowest BCUT2D eigenvalue weighted by atomic mass is 10.0. The van der Waals surface area contributed by atoms with E-state index in [-0.39, 0.29) is 23.0 Å². The van der Waals surface area contributed by atoms with Crippen molar-refractivity contribution in [1.82, 2.24) is 0 Å². The first-order valence-electron chi connectivity index (χ1n) is 9.43. The maximum atomic E-state index is 11.6. The third kappa shape index (κ3) is 5.64. The first-order chi connectivity index (χ1) is 12.9. The number of carbonyl (C=O) groups excluding carboxylic acids is 1. The Hall–Kier alpha value is -2.69. The van der Waals surface area contributed by atoms with E-state index >= 15 is 0 Å². The van der Waals surface area contributed by atoms with Gasteiger partial charge in [-0.15, -0.1) is 0 Å². The van der Waals surface area contributed by atoms with Gasteiger partial charge in [0, 0.05) is 5.56 Å². The van der Waals surface area contributed by atoms with E-state index < -0.39 is 0 Å². The SMILES string of the molecule is CCCc1c(OCCCCCc2ccc(O)c(O)c2)ccc(C(C)=O)c1O. The molecular formula is C22H28O5. The van der Waals surface area contributed by atoms with Crippen molar-refractivity contribution < 1.29 is 24.9 Å². The Morgan fingerprint density at radius 2 is 1.74 bits per heavy atom. The van der Waals surface area contributed by atoms with Gasteiger partial charge >= 0.3 is 0 Å². The number of aryl methyl sites for hydroxylation is 1. The summed E-state index contributed by atoms with van der Waals surface area (Å²) in [4.78, 5) is 11.6. The average molecular weight is 372 g/mol. The summed E-state index contributed by atoms with van der Waals surface area (Å²) in [7, 11) is 0. The van der Waals surface area contributed by atoms with E-state index in [0.717, 1.165) is 37.7 Å². The Labute approximate surface area is 160 Å². The highest BCUT2D eigenvalue weighted by Gasteiger charge is 2.15. The fourth-order valence-electron chi connectivity index (χ4n) is 3.04. The van der Waals surface area contributed by atoms with Crippen LogP contribution in [0.4, 0.5) is 0 Å². The molecule has 0 heterocycles. The minimum absolute atomic E-state index is 0.0361. The number of phenols is 3. The summed E-state index contributed by atoms with van der Waals surface area (Å²) < 4.78 is 5.85. The molecule has 0 aliphatic heterocycles. The molecule has 2 aromatic rings. The molecule has 0 atom stereocenters. The van der Waals surface area contributed by atoms with Crippen molar-refractivity contribution in [2.45, 2.75) is 52.4 Å². The molecule has 0 aliphatic carbocycles. The molecule has 0 spiro atoms. The van der Waals surface area contributed by atoms with E-state index in [0.29, 0.717) is 29.9 Å².